The van der Waals surface area contributed by atoms with Gasteiger partial charge in [-0.25, -0.2) is 14.4 Å². The maximum absolute atomic E-state index is 14.2. The highest BCUT2D eigenvalue weighted by Crippen LogP contribution is 2.28. The quantitative estimate of drug-likeness (QED) is 0.331. The molecule has 2 amide bonds. The molecule has 41 heavy (non-hydrogen) atoms. The number of aldehydes is 1. The van der Waals surface area contributed by atoms with Crippen molar-refractivity contribution in [1.29, 1.82) is 0 Å². The van der Waals surface area contributed by atoms with E-state index < -0.39 is 5.82 Å². The number of piperazine rings is 1. The summed E-state index contributed by atoms with van der Waals surface area (Å²) in [7, 11) is 4.94. The van der Waals surface area contributed by atoms with Crippen molar-refractivity contribution in [1.82, 2.24) is 29.5 Å². The van der Waals surface area contributed by atoms with Crippen LogP contribution in [-0.2, 0) is 9.59 Å². The van der Waals surface area contributed by atoms with Gasteiger partial charge >= 0.3 is 0 Å². The summed E-state index contributed by atoms with van der Waals surface area (Å²) in [5.41, 5.74) is 3.91. The minimum atomic E-state index is -0.457. The largest absolute Gasteiger partial charge is 0.494 e. The van der Waals surface area contributed by atoms with Crippen LogP contribution in [0, 0.1) is 12.7 Å². The number of rotatable bonds is 7. The smallest absolute Gasteiger partial charge is 0.254 e. The summed E-state index contributed by atoms with van der Waals surface area (Å²) < 4.78 is 21.0. The van der Waals surface area contributed by atoms with E-state index >= 15 is 0 Å². The highest BCUT2D eigenvalue weighted by atomic mass is 19.1. The molecule has 1 aliphatic rings. The molecule has 0 aliphatic carbocycles. The van der Waals surface area contributed by atoms with Gasteiger partial charge in [0.05, 0.1) is 32.1 Å². The van der Waals surface area contributed by atoms with Gasteiger partial charge in [0.25, 0.3) is 5.91 Å². The highest BCUT2D eigenvalue weighted by molar-refractivity contribution is 5.97. The van der Waals surface area contributed by atoms with Crippen LogP contribution < -0.4 is 15.4 Å². The van der Waals surface area contributed by atoms with Crippen molar-refractivity contribution < 1.29 is 23.5 Å². The molecule has 2 aromatic heterocycles. The minimum absolute atomic E-state index is 0.0322. The summed E-state index contributed by atoms with van der Waals surface area (Å²) in [5.74, 6) is 0.136. The summed E-state index contributed by atoms with van der Waals surface area (Å²) in [6.07, 6.45) is 5.72. The molecule has 0 spiro atoms. The van der Waals surface area contributed by atoms with E-state index in [0.29, 0.717) is 41.1 Å². The Morgan fingerprint density at radius 2 is 2.05 bits per heavy atom. The molecule has 0 unspecified atom stereocenters. The number of anilines is 2. The topological polar surface area (TPSA) is 121 Å². The van der Waals surface area contributed by atoms with Gasteiger partial charge in [0.1, 0.15) is 6.29 Å². The van der Waals surface area contributed by atoms with Crippen molar-refractivity contribution in [2.75, 3.05) is 52.7 Å². The average Bonchev–Trinajstić information content (AvgIpc) is 3.38. The van der Waals surface area contributed by atoms with E-state index in [2.05, 4.69) is 20.6 Å². The fourth-order valence-electron chi connectivity index (χ4n) is 4.33. The van der Waals surface area contributed by atoms with Crippen LogP contribution in [0.15, 0.2) is 55.0 Å². The van der Waals surface area contributed by atoms with E-state index in [1.165, 1.54) is 18.1 Å². The third kappa shape index (κ3) is 6.84. The molecular formula is C29H32FN7O4. The number of benzene rings is 2. The lowest BCUT2D eigenvalue weighted by atomic mass is 10.1. The standard InChI is InChI=1S/C24H22FN5O3.C5H10N2O/c1-15-12-17(5-6-18(15)24(32)29(2)10-11-31)28-22-23-27-14-20(30(23)9-8-26-22)16-4-7-21(33-3)19(25)13-16;1-7-3-2-6-5(8)4-7/h4-9,11-14H,10H2,1-3H3,(H,26,28);2-4H2,1H3,(H,6,8). The predicted octanol–water partition coefficient (Wildman–Crippen LogP) is 2.91. The number of amides is 2. The normalized spacial score (nSPS) is 13.1. The van der Waals surface area contributed by atoms with Crippen molar-refractivity contribution in [3.63, 3.8) is 0 Å². The summed E-state index contributed by atoms with van der Waals surface area (Å²) >= 11 is 0. The number of aryl methyl sites for hydroxylation is 1. The first-order valence-corrected chi connectivity index (χ1v) is 12.9. The molecule has 0 saturated carbocycles. The highest BCUT2D eigenvalue weighted by Gasteiger charge is 2.16. The number of hydrogen-bond acceptors (Lipinski definition) is 8. The molecule has 1 aliphatic heterocycles. The Bertz CT molecular complexity index is 1570. The molecule has 2 aromatic carbocycles. The van der Waals surface area contributed by atoms with E-state index in [1.807, 2.05) is 29.3 Å². The molecule has 0 radical (unpaired) electrons. The van der Waals surface area contributed by atoms with Crippen LogP contribution in [0.2, 0.25) is 0 Å². The molecule has 0 bridgehead atoms. The van der Waals surface area contributed by atoms with Crippen molar-refractivity contribution in [3.05, 3.63) is 71.9 Å². The maximum Gasteiger partial charge on any atom is 0.254 e. The van der Waals surface area contributed by atoms with Gasteiger partial charge in [-0.2, -0.15) is 0 Å². The zero-order chi connectivity index (χ0) is 29.5. The molecule has 2 N–H and O–H groups in total. The van der Waals surface area contributed by atoms with Crippen LogP contribution in [0.4, 0.5) is 15.9 Å². The van der Waals surface area contributed by atoms with Crippen LogP contribution in [0.25, 0.3) is 16.9 Å². The van der Waals surface area contributed by atoms with Gasteiger partial charge in [-0.05, 0) is 55.9 Å². The first kappa shape index (κ1) is 29.2. The fraction of sp³-hybridized carbons (Fsp3) is 0.276. The first-order valence-electron chi connectivity index (χ1n) is 12.9. The lowest BCUT2D eigenvalue weighted by Crippen LogP contribution is -2.45. The van der Waals surface area contributed by atoms with Crippen molar-refractivity contribution in [2.24, 2.45) is 0 Å². The van der Waals surface area contributed by atoms with Crippen LogP contribution >= 0.6 is 0 Å². The Kier molecular flexibility index (Phi) is 9.25. The van der Waals surface area contributed by atoms with E-state index in [9.17, 15) is 18.8 Å². The summed E-state index contributed by atoms with van der Waals surface area (Å²) in [5, 5.41) is 5.96. The molecule has 1 saturated heterocycles. The first-order chi connectivity index (χ1) is 19.7. The fourth-order valence-corrected chi connectivity index (χ4v) is 4.33. The second-order valence-electron chi connectivity index (χ2n) is 9.56. The molecule has 12 heteroatoms. The number of aromatic nitrogens is 3. The van der Waals surface area contributed by atoms with E-state index in [0.717, 1.165) is 24.3 Å². The number of carbonyl (C=O) groups is 3. The van der Waals surface area contributed by atoms with Crippen LogP contribution in [0.1, 0.15) is 15.9 Å². The van der Waals surface area contributed by atoms with Gasteiger partial charge in [0.2, 0.25) is 5.91 Å². The van der Waals surface area contributed by atoms with Gasteiger partial charge in [-0.3, -0.25) is 18.9 Å². The lowest BCUT2D eigenvalue weighted by Gasteiger charge is -2.21. The second-order valence-corrected chi connectivity index (χ2v) is 9.56. The second kappa shape index (κ2) is 13.0. The number of methoxy groups -OCH3 is 1. The molecule has 1 fully saturated rings. The van der Waals surface area contributed by atoms with Gasteiger partial charge in [-0.1, -0.05) is 0 Å². The van der Waals surface area contributed by atoms with Gasteiger partial charge < -0.3 is 25.1 Å². The lowest BCUT2D eigenvalue weighted by molar-refractivity contribution is -0.123. The average molecular weight is 562 g/mol. The number of carbonyl (C=O) groups excluding carboxylic acids is 3. The number of hydrogen-bond donors (Lipinski definition) is 2. The summed E-state index contributed by atoms with van der Waals surface area (Å²) in [4.78, 5) is 45.9. The van der Waals surface area contributed by atoms with Gasteiger partial charge in [0, 0.05) is 49.3 Å². The summed E-state index contributed by atoms with van der Waals surface area (Å²) in [6.45, 7) is 4.19. The number of ether oxygens (including phenoxy) is 1. The zero-order valence-corrected chi connectivity index (χ0v) is 23.3. The van der Waals surface area contributed by atoms with Crippen molar-refractivity contribution in [3.8, 4) is 17.0 Å². The zero-order valence-electron chi connectivity index (χ0n) is 23.3. The number of imidazole rings is 1. The molecule has 0 atom stereocenters. The maximum atomic E-state index is 14.2. The Morgan fingerprint density at radius 1 is 1.24 bits per heavy atom. The SMILES string of the molecule is CN1CCNC(=O)C1.COc1ccc(-c2cnc3c(Nc4ccc(C(=O)N(C)CC=O)c(C)c4)nccn23)cc1F. The number of nitrogens with zero attached hydrogens (tertiary/aromatic N) is 5. The van der Waals surface area contributed by atoms with Crippen molar-refractivity contribution in [2.45, 2.75) is 6.92 Å². The van der Waals surface area contributed by atoms with E-state index in [-0.39, 0.29) is 24.1 Å². The molecule has 3 heterocycles. The molecular weight excluding hydrogens is 529 g/mol. The Hall–Kier alpha value is -4.84. The van der Waals surface area contributed by atoms with Gasteiger partial charge in [-0.15, -0.1) is 0 Å². The summed E-state index contributed by atoms with van der Waals surface area (Å²) in [6, 6.07) is 10.0. The van der Waals surface area contributed by atoms with Crippen molar-refractivity contribution >= 4 is 35.3 Å². The third-order valence-corrected chi connectivity index (χ3v) is 6.52. The number of fused-ring (bicyclic) bond motifs is 1. The predicted molar refractivity (Wildman–Crippen MR) is 153 cm³/mol. The number of nitrogens with one attached hydrogen (secondary N) is 2. The number of halogens is 1. The van der Waals surface area contributed by atoms with E-state index in [1.54, 1.807) is 49.9 Å². The monoisotopic (exact) mass is 561 g/mol. The van der Waals surface area contributed by atoms with Crippen LogP contribution in [-0.4, -0.2) is 89.7 Å². The van der Waals surface area contributed by atoms with Gasteiger partial charge in [0.15, 0.2) is 23.0 Å². The Labute approximate surface area is 237 Å². The molecule has 11 nitrogen and oxygen atoms in total. The van der Waals surface area contributed by atoms with Crippen LogP contribution in [0.5, 0.6) is 5.75 Å². The number of likely N-dealkylation sites (N-methyl/N-ethyl adjacent to an activating group) is 2. The molecule has 4 aromatic rings. The Morgan fingerprint density at radius 3 is 2.68 bits per heavy atom. The van der Waals surface area contributed by atoms with E-state index in [4.69, 9.17) is 4.74 Å². The third-order valence-electron chi connectivity index (χ3n) is 6.52. The van der Waals surface area contributed by atoms with Crippen LogP contribution in [0.3, 0.4) is 0 Å². The molecule has 214 valence electrons. The Balaban J connectivity index is 0.000000417. The molecule has 5 rings (SSSR count). The minimum Gasteiger partial charge on any atom is -0.494 e.